The number of rotatable bonds is 25. The molecule has 0 saturated carbocycles. The molecule has 2 rings (SSSR count). The monoisotopic (exact) mass is 722 g/mol. The number of benzene rings is 2. The smallest absolute Gasteiger partial charge is 0.273 e. The van der Waals surface area contributed by atoms with Crippen LogP contribution in [0.25, 0.3) is 0 Å². The number of amides is 4. The molecule has 2 aromatic carbocycles. The van der Waals surface area contributed by atoms with E-state index < -0.39 is 35.5 Å². The molecular formula is C42H66N4O6. The first-order chi connectivity index (χ1) is 25.1. The molecule has 0 saturated heterocycles. The largest absolute Gasteiger partial charge is 0.507 e. The minimum atomic E-state index is -0.645. The first-order valence-electron chi connectivity index (χ1n) is 19.9. The number of hydrazine groups is 2. The third kappa shape index (κ3) is 17.0. The number of carbonyl (C=O) groups is 4. The van der Waals surface area contributed by atoms with Crippen LogP contribution in [-0.2, 0) is 22.4 Å². The highest BCUT2D eigenvalue weighted by Gasteiger charge is 2.26. The van der Waals surface area contributed by atoms with E-state index in [4.69, 9.17) is 0 Å². The predicted octanol–water partition coefficient (Wildman–Crippen LogP) is 8.74. The maximum absolute atomic E-state index is 13.3. The van der Waals surface area contributed by atoms with Gasteiger partial charge in [-0.3, -0.25) is 40.9 Å². The number of nitrogens with one attached hydrogen (secondary N) is 4. The SMILES string of the molecule is CCCCCCCCc1ccc(O)c(C(=O)NNC(=O)C(C)CC(CCCCCC)C(=O)NNC(=O)c2cc(CCCCCCCC)ccc2O)c1. The van der Waals surface area contributed by atoms with Gasteiger partial charge in [0, 0.05) is 11.8 Å². The van der Waals surface area contributed by atoms with Crippen molar-refractivity contribution in [2.75, 3.05) is 0 Å². The van der Waals surface area contributed by atoms with Gasteiger partial charge < -0.3 is 10.2 Å². The maximum Gasteiger partial charge on any atom is 0.273 e. The van der Waals surface area contributed by atoms with Crippen molar-refractivity contribution in [3.8, 4) is 11.5 Å². The first-order valence-corrected chi connectivity index (χ1v) is 19.9. The van der Waals surface area contributed by atoms with Crippen LogP contribution in [0.5, 0.6) is 11.5 Å². The van der Waals surface area contributed by atoms with Gasteiger partial charge in [0.1, 0.15) is 11.5 Å². The number of phenolic OH excluding ortho intramolecular Hbond substituents is 2. The van der Waals surface area contributed by atoms with Crippen molar-refractivity contribution in [3.63, 3.8) is 0 Å². The lowest BCUT2D eigenvalue weighted by Crippen LogP contribution is -2.47. The summed E-state index contributed by atoms with van der Waals surface area (Å²) in [5.74, 6) is -3.71. The first kappa shape index (κ1) is 44.1. The van der Waals surface area contributed by atoms with E-state index in [2.05, 4.69) is 42.5 Å². The van der Waals surface area contributed by atoms with Crippen molar-refractivity contribution in [2.45, 2.75) is 156 Å². The highest BCUT2D eigenvalue weighted by molar-refractivity contribution is 5.99. The topological polar surface area (TPSA) is 157 Å². The van der Waals surface area contributed by atoms with Crippen LogP contribution >= 0.6 is 0 Å². The second-order valence-corrected chi connectivity index (χ2v) is 14.3. The van der Waals surface area contributed by atoms with Crippen LogP contribution < -0.4 is 21.7 Å². The number of aryl methyl sites for hydroxylation is 2. The van der Waals surface area contributed by atoms with Gasteiger partial charge in [-0.2, -0.15) is 0 Å². The standard InChI is InChI=1S/C42H66N4O6/c1-5-8-11-14-16-18-21-32-24-26-37(47)35(29-32)41(51)45-43-39(49)31(4)28-34(23-20-13-10-7-3)40(50)44-46-42(52)36-30-33(25-27-38(36)48)22-19-17-15-12-9-6-2/h24-27,29-31,34,47-48H,5-23,28H2,1-4H3,(H,43,49)(H,44,50)(H,45,51)(H,46,52). The summed E-state index contributed by atoms with van der Waals surface area (Å²) >= 11 is 0. The molecule has 2 unspecified atom stereocenters. The van der Waals surface area contributed by atoms with Crippen molar-refractivity contribution in [3.05, 3.63) is 58.7 Å². The average Bonchev–Trinajstić information content (AvgIpc) is 3.14. The van der Waals surface area contributed by atoms with Gasteiger partial charge >= 0.3 is 0 Å². The quantitative estimate of drug-likeness (QED) is 0.0445. The molecule has 2 atom stereocenters. The van der Waals surface area contributed by atoms with E-state index in [0.29, 0.717) is 6.42 Å². The zero-order valence-corrected chi connectivity index (χ0v) is 32.3. The number of hydrogen-bond acceptors (Lipinski definition) is 6. The van der Waals surface area contributed by atoms with E-state index in [0.717, 1.165) is 75.3 Å². The molecule has 0 radical (unpaired) electrons. The van der Waals surface area contributed by atoms with Gasteiger partial charge in [0.2, 0.25) is 11.8 Å². The number of carbonyl (C=O) groups excluding carboxylic acids is 4. The Morgan fingerprint density at radius 2 is 0.942 bits per heavy atom. The van der Waals surface area contributed by atoms with Crippen molar-refractivity contribution >= 4 is 23.6 Å². The Morgan fingerprint density at radius 1 is 0.538 bits per heavy atom. The third-order valence-corrected chi connectivity index (χ3v) is 9.71. The molecule has 0 spiro atoms. The third-order valence-electron chi connectivity index (χ3n) is 9.71. The molecule has 0 heterocycles. The average molecular weight is 723 g/mol. The molecule has 2 aromatic rings. The van der Waals surface area contributed by atoms with Gasteiger partial charge in [-0.15, -0.1) is 0 Å². The number of hydrogen-bond donors (Lipinski definition) is 6. The molecule has 0 fully saturated rings. The van der Waals surface area contributed by atoms with Crippen molar-refractivity contribution in [1.29, 1.82) is 0 Å². The summed E-state index contributed by atoms with van der Waals surface area (Å²) in [5.41, 5.74) is 11.9. The molecular weight excluding hydrogens is 656 g/mol. The van der Waals surface area contributed by atoms with Gasteiger partial charge in [0.15, 0.2) is 0 Å². The summed E-state index contributed by atoms with van der Waals surface area (Å²) in [6.45, 7) is 8.16. The summed E-state index contributed by atoms with van der Waals surface area (Å²) in [4.78, 5) is 52.4. The van der Waals surface area contributed by atoms with Crippen LogP contribution in [0.4, 0.5) is 0 Å². The van der Waals surface area contributed by atoms with E-state index in [1.54, 1.807) is 19.1 Å². The normalized spacial score (nSPS) is 12.2. The fourth-order valence-corrected chi connectivity index (χ4v) is 6.36. The molecule has 10 heteroatoms. The van der Waals surface area contributed by atoms with Crippen LogP contribution in [0.2, 0.25) is 0 Å². The zero-order valence-electron chi connectivity index (χ0n) is 32.3. The molecule has 0 bridgehead atoms. The second kappa shape index (κ2) is 25.8. The summed E-state index contributed by atoms with van der Waals surface area (Å²) in [5, 5.41) is 20.7. The van der Waals surface area contributed by atoms with Crippen molar-refractivity contribution in [1.82, 2.24) is 21.7 Å². The fraction of sp³-hybridized carbons (Fsp3) is 0.619. The Labute approximate surface area is 312 Å². The summed E-state index contributed by atoms with van der Waals surface area (Å²) in [6.07, 6.45) is 19.9. The predicted molar refractivity (Wildman–Crippen MR) is 208 cm³/mol. The Hall–Kier alpha value is -4.08. The molecule has 6 N–H and O–H groups in total. The van der Waals surface area contributed by atoms with E-state index in [1.165, 1.54) is 63.5 Å². The number of aromatic hydroxyl groups is 2. The Morgan fingerprint density at radius 3 is 1.40 bits per heavy atom. The summed E-state index contributed by atoms with van der Waals surface area (Å²) < 4.78 is 0. The van der Waals surface area contributed by atoms with Gasteiger partial charge in [0.25, 0.3) is 11.8 Å². The second-order valence-electron chi connectivity index (χ2n) is 14.3. The molecule has 0 aromatic heterocycles. The highest BCUT2D eigenvalue weighted by Crippen LogP contribution is 2.23. The number of phenols is 2. The van der Waals surface area contributed by atoms with Crippen LogP contribution in [-0.4, -0.2) is 33.8 Å². The minimum Gasteiger partial charge on any atom is -0.507 e. The molecule has 4 amide bonds. The molecule has 0 aliphatic rings. The van der Waals surface area contributed by atoms with Crippen molar-refractivity contribution in [2.24, 2.45) is 11.8 Å². The fourth-order valence-electron chi connectivity index (χ4n) is 6.36. The molecule has 290 valence electrons. The van der Waals surface area contributed by atoms with Gasteiger partial charge in [-0.1, -0.05) is 130 Å². The highest BCUT2D eigenvalue weighted by atomic mass is 16.3. The van der Waals surface area contributed by atoms with E-state index in [9.17, 15) is 29.4 Å². The number of unbranched alkanes of at least 4 members (excludes halogenated alkanes) is 13. The molecule has 10 nitrogen and oxygen atoms in total. The van der Waals surface area contributed by atoms with Crippen LogP contribution in [0.1, 0.15) is 175 Å². The molecule has 52 heavy (non-hydrogen) atoms. The summed E-state index contributed by atoms with van der Waals surface area (Å²) in [6, 6.07) is 9.95. The van der Waals surface area contributed by atoms with Gasteiger partial charge in [-0.25, -0.2) is 0 Å². The summed E-state index contributed by atoms with van der Waals surface area (Å²) in [7, 11) is 0. The van der Waals surface area contributed by atoms with E-state index in [-0.39, 0.29) is 29.0 Å². The zero-order chi connectivity index (χ0) is 38.1. The van der Waals surface area contributed by atoms with Crippen molar-refractivity contribution < 1.29 is 29.4 Å². The van der Waals surface area contributed by atoms with E-state index in [1.807, 2.05) is 12.1 Å². The van der Waals surface area contributed by atoms with Crippen LogP contribution in [0, 0.1) is 11.8 Å². The Kier molecular flexibility index (Phi) is 21.9. The Bertz CT molecular complexity index is 1380. The van der Waals surface area contributed by atoms with Gasteiger partial charge in [0.05, 0.1) is 11.1 Å². The van der Waals surface area contributed by atoms with E-state index >= 15 is 0 Å². The maximum atomic E-state index is 13.3. The lowest BCUT2D eigenvalue weighted by molar-refractivity contribution is -0.129. The lowest BCUT2D eigenvalue weighted by Gasteiger charge is -2.21. The van der Waals surface area contributed by atoms with Gasteiger partial charge in [-0.05, 0) is 73.9 Å². The Balaban J connectivity index is 1.94. The minimum absolute atomic E-state index is 0.0827. The van der Waals surface area contributed by atoms with Crippen LogP contribution in [0.15, 0.2) is 36.4 Å². The van der Waals surface area contributed by atoms with Crippen LogP contribution in [0.3, 0.4) is 0 Å². The lowest BCUT2D eigenvalue weighted by atomic mass is 9.90. The molecule has 0 aliphatic heterocycles. The molecule has 0 aliphatic carbocycles.